The first-order valence-electron chi connectivity index (χ1n) is 4.75. The number of aliphatic hydroxyl groups is 1. The molecule has 1 aromatic carbocycles. The van der Waals surface area contributed by atoms with E-state index >= 15 is 0 Å². The van der Waals surface area contributed by atoms with Gasteiger partial charge in [0.2, 0.25) is 0 Å². The van der Waals surface area contributed by atoms with E-state index in [1.54, 1.807) is 0 Å². The lowest BCUT2D eigenvalue weighted by atomic mass is 9.91. The molecule has 0 spiro atoms. The molecule has 0 amide bonds. The molecule has 1 aliphatic carbocycles. The zero-order chi connectivity index (χ0) is 9.26. The van der Waals surface area contributed by atoms with Crippen LogP contribution in [-0.4, -0.2) is 5.11 Å². The molecule has 0 saturated heterocycles. The summed E-state index contributed by atoms with van der Waals surface area (Å²) in [6.07, 6.45) is 6.14. The molecule has 1 aromatic rings. The highest BCUT2D eigenvalue weighted by molar-refractivity contribution is 5.58. The van der Waals surface area contributed by atoms with Crippen molar-refractivity contribution >= 4 is 6.08 Å². The van der Waals surface area contributed by atoms with E-state index in [2.05, 4.69) is 18.2 Å². The van der Waals surface area contributed by atoms with Gasteiger partial charge in [-0.2, -0.15) is 0 Å². The number of hydrogen-bond acceptors (Lipinski definition) is 1. The number of rotatable bonds is 1. The summed E-state index contributed by atoms with van der Waals surface area (Å²) in [5.41, 5.74) is 3.67. The van der Waals surface area contributed by atoms with Crippen LogP contribution >= 0.6 is 0 Å². The Morgan fingerprint density at radius 3 is 3.00 bits per heavy atom. The maximum Gasteiger partial charge on any atom is 0.0764 e. The van der Waals surface area contributed by atoms with Crippen LogP contribution in [0.5, 0.6) is 0 Å². The number of hydrogen-bond donors (Lipinski definition) is 1. The van der Waals surface area contributed by atoms with Gasteiger partial charge in [0.1, 0.15) is 0 Å². The normalized spacial score (nSPS) is 16.8. The molecule has 0 saturated carbocycles. The Balaban J connectivity index is 2.53. The quantitative estimate of drug-likeness (QED) is 0.694. The summed E-state index contributed by atoms with van der Waals surface area (Å²) >= 11 is 0. The largest absolute Gasteiger partial charge is 0.389 e. The average molecular weight is 174 g/mol. The smallest absolute Gasteiger partial charge is 0.0764 e. The Bertz CT molecular complexity index is 337. The maximum atomic E-state index is 9.56. The van der Waals surface area contributed by atoms with Gasteiger partial charge in [0, 0.05) is 0 Å². The third kappa shape index (κ3) is 1.52. The highest BCUT2D eigenvalue weighted by atomic mass is 16.3. The zero-order valence-corrected chi connectivity index (χ0v) is 7.83. The molecule has 0 unspecified atom stereocenters. The van der Waals surface area contributed by atoms with Crippen LogP contribution in [0.25, 0.3) is 6.08 Å². The fourth-order valence-electron chi connectivity index (χ4n) is 1.90. The molecule has 0 aromatic heterocycles. The van der Waals surface area contributed by atoms with Crippen LogP contribution in [0.1, 0.15) is 36.1 Å². The molecule has 1 heteroatoms. The molecule has 1 nitrogen and oxygen atoms in total. The predicted molar refractivity (Wildman–Crippen MR) is 54.4 cm³/mol. The molecule has 13 heavy (non-hydrogen) atoms. The van der Waals surface area contributed by atoms with Crippen molar-refractivity contribution in [3.63, 3.8) is 0 Å². The molecule has 0 heterocycles. The second kappa shape index (κ2) is 3.35. The summed E-state index contributed by atoms with van der Waals surface area (Å²) in [7, 11) is 0. The van der Waals surface area contributed by atoms with Gasteiger partial charge in [-0.3, -0.25) is 0 Å². The molecule has 2 rings (SSSR count). The van der Waals surface area contributed by atoms with Crippen molar-refractivity contribution in [3.05, 3.63) is 41.0 Å². The lowest BCUT2D eigenvalue weighted by Gasteiger charge is -2.16. The van der Waals surface area contributed by atoms with Crippen molar-refractivity contribution < 1.29 is 5.11 Å². The Kier molecular flexibility index (Phi) is 2.19. The van der Waals surface area contributed by atoms with E-state index in [9.17, 15) is 5.11 Å². The summed E-state index contributed by atoms with van der Waals surface area (Å²) in [4.78, 5) is 0. The molecular weight excluding hydrogens is 160 g/mol. The minimum atomic E-state index is -0.346. The van der Waals surface area contributed by atoms with Crippen molar-refractivity contribution in [2.75, 3.05) is 0 Å². The molecule has 1 atom stereocenters. The van der Waals surface area contributed by atoms with Crippen LogP contribution in [0.2, 0.25) is 0 Å². The van der Waals surface area contributed by atoms with Crippen LogP contribution in [0.4, 0.5) is 0 Å². The van der Waals surface area contributed by atoms with E-state index in [-0.39, 0.29) is 6.10 Å². The van der Waals surface area contributed by atoms with E-state index in [1.807, 2.05) is 19.1 Å². The molecule has 0 aliphatic heterocycles. The lowest BCUT2D eigenvalue weighted by molar-refractivity contribution is 0.198. The van der Waals surface area contributed by atoms with Gasteiger partial charge in [0.05, 0.1) is 6.10 Å². The lowest BCUT2D eigenvalue weighted by Crippen LogP contribution is -2.02. The van der Waals surface area contributed by atoms with E-state index in [0.29, 0.717) is 0 Å². The first-order valence-corrected chi connectivity index (χ1v) is 4.75. The van der Waals surface area contributed by atoms with Crippen molar-refractivity contribution in [1.82, 2.24) is 0 Å². The topological polar surface area (TPSA) is 20.2 Å². The van der Waals surface area contributed by atoms with Crippen LogP contribution in [0.3, 0.4) is 0 Å². The SMILES string of the molecule is C[C@@H](O)c1cccc2c1CCC=C2. The summed E-state index contributed by atoms with van der Waals surface area (Å²) in [5.74, 6) is 0. The van der Waals surface area contributed by atoms with Crippen molar-refractivity contribution in [2.45, 2.75) is 25.9 Å². The van der Waals surface area contributed by atoms with Gasteiger partial charge in [-0.05, 0) is 36.5 Å². The minimum Gasteiger partial charge on any atom is -0.389 e. The van der Waals surface area contributed by atoms with Gasteiger partial charge in [0.25, 0.3) is 0 Å². The Hall–Kier alpha value is -1.08. The van der Waals surface area contributed by atoms with E-state index in [4.69, 9.17) is 0 Å². The average Bonchev–Trinajstić information content (AvgIpc) is 2.17. The van der Waals surface area contributed by atoms with Crippen LogP contribution in [0.15, 0.2) is 24.3 Å². The zero-order valence-electron chi connectivity index (χ0n) is 7.83. The second-order valence-electron chi connectivity index (χ2n) is 3.53. The standard InChI is InChI=1S/C12H14O/c1-9(13)11-8-4-6-10-5-2-3-7-12(10)11/h2,4-6,8-9,13H,3,7H2,1H3/t9-/m1/s1. The molecular formula is C12H14O. The van der Waals surface area contributed by atoms with E-state index in [1.165, 1.54) is 11.1 Å². The summed E-state index contributed by atoms with van der Waals surface area (Å²) in [5, 5.41) is 9.56. The second-order valence-corrected chi connectivity index (χ2v) is 3.53. The molecule has 0 bridgehead atoms. The third-order valence-electron chi connectivity index (χ3n) is 2.56. The molecule has 1 N–H and O–H groups in total. The van der Waals surface area contributed by atoms with Gasteiger partial charge in [-0.1, -0.05) is 30.4 Å². The minimum absolute atomic E-state index is 0.346. The number of fused-ring (bicyclic) bond motifs is 1. The number of aliphatic hydroxyl groups excluding tert-OH is 1. The Morgan fingerprint density at radius 2 is 2.23 bits per heavy atom. The molecule has 1 aliphatic rings. The van der Waals surface area contributed by atoms with Crippen molar-refractivity contribution in [2.24, 2.45) is 0 Å². The monoisotopic (exact) mass is 174 g/mol. The first kappa shape index (κ1) is 8.52. The van der Waals surface area contributed by atoms with E-state index < -0.39 is 0 Å². The Morgan fingerprint density at radius 1 is 1.38 bits per heavy atom. The van der Waals surface area contributed by atoms with Gasteiger partial charge in [0.15, 0.2) is 0 Å². The highest BCUT2D eigenvalue weighted by Crippen LogP contribution is 2.26. The molecule has 0 radical (unpaired) electrons. The van der Waals surface area contributed by atoms with Gasteiger partial charge < -0.3 is 5.11 Å². The maximum absolute atomic E-state index is 9.56. The molecule has 68 valence electrons. The number of allylic oxidation sites excluding steroid dienone is 1. The number of benzene rings is 1. The first-order chi connectivity index (χ1) is 6.29. The van der Waals surface area contributed by atoms with Crippen molar-refractivity contribution in [3.8, 4) is 0 Å². The summed E-state index contributed by atoms with van der Waals surface area (Å²) in [6, 6.07) is 6.14. The van der Waals surface area contributed by atoms with Crippen molar-refractivity contribution in [1.29, 1.82) is 0 Å². The van der Waals surface area contributed by atoms with Gasteiger partial charge in [-0.25, -0.2) is 0 Å². The third-order valence-corrected chi connectivity index (χ3v) is 2.56. The van der Waals surface area contributed by atoms with Crippen LogP contribution in [-0.2, 0) is 6.42 Å². The summed E-state index contributed by atoms with van der Waals surface area (Å²) < 4.78 is 0. The summed E-state index contributed by atoms with van der Waals surface area (Å²) in [6.45, 7) is 1.83. The predicted octanol–water partition coefficient (Wildman–Crippen LogP) is 2.70. The van der Waals surface area contributed by atoms with Gasteiger partial charge in [-0.15, -0.1) is 0 Å². The van der Waals surface area contributed by atoms with Crippen LogP contribution in [0, 0.1) is 0 Å². The molecule has 0 fully saturated rings. The Labute approximate surface area is 78.7 Å². The fourth-order valence-corrected chi connectivity index (χ4v) is 1.90. The van der Waals surface area contributed by atoms with E-state index in [0.717, 1.165) is 18.4 Å². The fraction of sp³-hybridized carbons (Fsp3) is 0.333. The van der Waals surface area contributed by atoms with Crippen LogP contribution < -0.4 is 0 Å². The van der Waals surface area contributed by atoms with Gasteiger partial charge >= 0.3 is 0 Å². The highest BCUT2D eigenvalue weighted by Gasteiger charge is 2.11.